The first-order chi connectivity index (χ1) is 16.7. The standard InChI is InChI=1S/C23H17ClF6N2O3S/c1-13(36(34)35)12-32(20-11-31-7-6-18(20)17-4-2-3-5-19(17)24)21(33)14-8-15(22(25,26)27)10-16(9-14)23(28,29)30/h2-11,13,36H,12H2,1H3. The van der Waals surface area contributed by atoms with Gasteiger partial charge in [-0.15, -0.1) is 0 Å². The first kappa shape index (κ1) is 27.5. The van der Waals surface area contributed by atoms with Crippen LogP contribution in [-0.4, -0.2) is 31.1 Å². The maximum atomic E-state index is 13.5. The van der Waals surface area contributed by atoms with Crippen LogP contribution in [0.4, 0.5) is 32.0 Å². The summed E-state index contributed by atoms with van der Waals surface area (Å²) >= 11 is 6.26. The number of carbonyl (C=O) groups is 1. The monoisotopic (exact) mass is 550 g/mol. The number of rotatable bonds is 6. The van der Waals surface area contributed by atoms with Crippen molar-refractivity contribution < 1.29 is 39.6 Å². The zero-order valence-corrected chi connectivity index (χ0v) is 19.9. The molecule has 1 atom stereocenters. The van der Waals surface area contributed by atoms with E-state index in [4.69, 9.17) is 11.6 Å². The van der Waals surface area contributed by atoms with Crippen molar-refractivity contribution in [2.75, 3.05) is 11.4 Å². The van der Waals surface area contributed by atoms with Crippen molar-refractivity contribution in [2.24, 2.45) is 0 Å². The molecule has 0 spiro atoms. The van der Waals surface area contributed by atoms with Crippen LogP contribution in [0.3, 0.4) is 0 Å². The molecule has 1 amide bonds. The highest BCUT2D eigenvalue weighted by molar-refractivity contribution is 7.73. The zero-order chi connectivity index (χ0) is 26.8. The molecule has 0 N–H and O–H groups in total. The van der Waals surface area contributed by atoms with Crippen molar-refractivity contribution in [1.82, 2.24) is 4.98 Å². The first-order valence-corrected chi connectivity index (χ1v) is 11.8. The normalized spacial score (nSPS) is 13.0. The van der Waals surface area contributed by atoms with E-state index >= 15 is 0 Å². The van der Waals surface area contributed by atoms with Crippen molar-refractivity contribution in [1.29, 1.82) is 0 Å². The third-order valence-corrected chi connectivity index (χ3v) is 6.35. The highest BCUT2D eigenvalue weighted by Crippen LogP contribution is 2.38. The Hall–Kier alpha value is -3.12. The Kier molecular flexibility index (Phi) is 7.99. The summed E-state index contributed by atoms with van der Waals surface area (Å²) in [6.07, 6.45) is -7.86. The largest absolute Gasteiger partial charge is 0.416 e. The minimum absolute atomic E-state index is 0.0507. The van der Waals surface area contributed by atoms with Crippen LogP contribution < -0.4 is 4.90 Å². The average molecular weight is 551 g/mol. The van der Waals surface area contributed by atoms with Gasteiger partial charge in [0.2, 0.25) is 0 Å². The Bertz CT molecular complexity index is 1320. The lowest BCUT2D eigenvalue weighted by Gasteiger charge is -2.27. The summed E-state index contributed by atoms with van der Waals surface area (Å²) in [6, 6.07) is 8.28. The van der Waals surface area contributed by atoms with Gasteiger partial charge in [0, 0.05) is 34.5 Å². The predicted molar refractivity (Wildman–Crippen MR) is 123 cm³/mol. The highest BCUT2D eigenvalue weighted by atomic mass is 35.5. The Morgan fingerprint density at radius 3 is 2.08 bits per heavy atom. The Labute approximate surface area is 208 Å². The van der Waals surface area contributed by atoms with E-state index in [9.17, 15) is 39.6 Å². The number of amides is 1. The molecule has 5 nitrogen and oxygen atoms in total. The minimum Gasteiger partial charge on any atom is -0.305 e. The molecule has 0 aliphatic carbocycles. The number of hydrogen-bond donors (Lipinski definition) is 1. The molecule has 0 aliphatic rings. The third kappa shape index (κ3) is 6.16. The van der Waals surface area contributed by atoms with E-state index in [-0.39, 0.29) is 34.5 Å². The molecule has 3 aromatic rings. The quantitative estimate of drug-likeness (QED) is 0.298. The summed E-state index contributed by atoms with van der Waals surface area (Å²) in [6.45, 7) is 0.670. The molecule has 36 heavy (non-hydrogen) atoms. The van der Waals surface area contributed by atoms with Crippen LogP contribution in [0.1, 0.15) is 28.4 Å². The van der Waals surface area contributed by atoms with Gasteiger partial charge in [-0.2, -0.15) is 26.3 Å². The van der Waals surface area contributed by atoms with Gasteiger partial charge < -0.3 is 4.90 Å². The second kappa shape index (κ2) is 10.5. The van der Waals surface area contributed by atoms with E-state index in [0.717, 1.165) is 11.1 Å². The van der Waals surface area contributed by atoms with E-state index in [1.165, 1.54) is 25.3 Å². The maximum Gasteiger partial charge on any atom is 0.416 e. The lowest BCUT2D eigenvalue weighted by molar-refractivity contribution is -0.143. The first-order valence-electron chi connectivity index (χ1n) is 10.1. The lowest BCUT2D eigenvalue weighted by atomic mass is 10.0. The van der Waals surface area contributed by atoms with Crippen LogP contribution in [0.5, 0.6) is 0 Å². The van der Waals surface area contributed by atoms with Gasteiger partial charge in [-0.1, -0.05) is 29.8 Å². The second-order valence-corrected chi connectivity index (χ2v) is 9.58. The minimum atomic E-state index is -5.18. The number of benzene rings is 2. The summed E-state index contributed by atoms with van der Waals surface area (Å²) in [5.74, 6) is -1.28. The Morgan fingerprint density at radius 1 is 0.972 bits per heavy atom. The van der Waals surface area contributed by atoms with Crippen molar-refractivity contribution in [2.45, 2.75) is 24.5 Å². The summed E-state index contributed by atoms with van der Waals surface area (Å²) in [5, 5.41) is -0.963. The summed E-state index contributed by atoms with van der Waals surface area (Å²) in [4.78, 5) is 18.2. The van der Waals surface area contributed by atoms with Crippen LogP contribution in [0.25, 0.3) is 11.1 Å². The fraction of sp³-hybridized carbons (Fsp3) is 0.217. The molecule has 0 fully saturated rings. The molecule has 2 aromatic carbocycles. The van der Waals surface area contributed by atoms with Gasteiger partial charge in [0.1, 0.15) is 10.7 Å². The van der Waals surface area contributed by atoms with Gasteiger partial charge in [0.15, 0.2) is 0 Å². The molecule has 192 valence electrons. The van der Waals surface area contributed by atoms with Crippen molar-refractivity contribution in [3.8, 4) is 11.1 Å². The SMILES string of the molecule is CC(CN(C(=O)c1cc(C(F)(F)F)cc(C(F)(F)F)c1)c1cnccc1-c1ccccc1Cl)[SH](=O)=O. The Balaban J connectivity index is 2.25. The van der Waals surface area contributed by atoms with Crippen LogP contribution in [0.2, 0.25) is 5.02 Å². The molecule has 0 saturated carbocycles. The lowest BCUT2D eigenvalue weighted by Crippen LogP contribution is -2.38. The second-order valence-electron chi connectivity index (χ2n) is 7.72. The number of pyridine rings is 1. The number of hydrogen-bond acceptors (Lipinski definition) is 4. The van der Waals surface area contributed by atoms with Crippen LogP contribution in [-0.2, 0) is 23.1 Å². The number of aromatic nitrogens is 1. The summed E-state index contributed by atoms with van der Waals surface area (Å²) in [5.41, 5.74) is -3.69. The van der Waals surface area contributed by atoms with Crippen LogP contribution in [0.15, 0.2) is 60.9 Å². The van der Waals surface area contributed by atoms with E-state index in [1.807, 2.05) is 0 Å². The van der Waals surface area contributed by atoms with Gasteiger partial charge in [0.05, 0.1) is 28.3 Å². The smallest absolute Gasteiger partial charge is 0.305 e. The van der Waals surface area contributed by atoms with E-state index < -0.39 is 57.4 Å². The van der Waals surface area contributed by atoms with Crippen LogP contribution >= 0.6 is 11.6 Å². The molecular formula is C23H17ClF6N2O3S. The van der Waals surface area contributed by atoms with E-state index in [0.29, 0.717) is 5.56 Å². The molecule has 3 rings (SSSR count). The van der Waals surface area contributed by atoms with Gasteiger partial charge in [-0.25, -0.2) is 8.42 Å². The van der Waals surface area contributed by atoms with E-state index in [1.54, 1.807) is 18.2 Å². The van der Waals surface area contributed by atoms with Gasteiger partial charge in [-0.05, 0) is 37.3 Å². The molecule has 1 unspecified atom stereocenters. The molecule has 1 aromatic heterocycles. The Morgan fingerprint density at radius 2 is 1.56 bits per heavy atom. The molecule has 13 heteroatoms. The molecule has 0 radical (unpaired) electrons. The molecule has 0 saturated heterocycles. The third-order valence-electron chi connectivity index (χ3n) is 5.14. The molecular weight excluding hydrogens is 534 g/mol. The number of halogens is 7. The number of nitrogens with zero attached hydrogens (tertiary/aromatic N) is 2. The van der Waals surface area contributed by atoms with Crippen molar-refractivity contribution in [3.05, 3.63) is 82.6 Å². The molecule has 0 bridgehead atoms. The van der Waals surface area contributed by atoms with Crippen LogP contribution in [0, 0.1) is 0 Å². The summed E-state index contributed by atoms with van der Waals surface area (Å²) in [7, 11) is -3.10. The summed E-state index contributed by atoms with van der Waals surface area (Å²) < 4.78 is 103. The number of anilines is 1. The van der Waals surface area contributed by atoms with Gasteiger partial charge in [0.25, 0.3) is 5.91 Å². The number of alkyl halides is 6. The molecule has 0 aliphatic heterocycles. The maximum absolute atomic E-state index is 13.5. The van der Waals surface area contributed by atoms with Crippen molar-refractivity contribution >= 4 is 33.9 Å². The fourth-order valence-electron chi connectivity index (χ4n) is 3.36. The van der Waals surface area contributed by atoms with Crippen molar-refractivity contribution in [3.63, 3.8) is 0 Å². The topological polar surface area (TPSA) is 67.3 Å². The van der Waals surface area contributed by atoms with E-state index in [2.05, 4.69) is 4.98 Å². The zero-order valence-electron chi connectivity index (χ0n) is 18.3. The highest BCUT2D eigenvalue weighted by Gasteiger charge is 2.38. The molecule has 1 heterocycles. The predicted octanol–water partition coefficient (Wildman–Crippen LogP) is 6.09. The van der Waals surface area contributed by atoms with Gasteiger partial charge >= 0.3 is 12.4 Å². The fourth-order valence-corrected chi connectivity index (χ4v) is 3.90. The average Bonchev–Trinajstić information content (AvgIpc) is 2.81. The number of thiol groups is 1. The number of carbonyl (C=O) groups excluding carboxylic acids is 1. The van der Waals surface area contributed by atoms with Gasteiger partial charge in [-0.3, -0.25) is 9.78 Å².